The molecule has 1 atom stereocenters. The molecule has 0 unspecified atom stereocenters. The quantitative estimate of drug-likeness (QED) is 0.677. The third-order valence-corrected chi connectivity index (χ3v) is 2.02. The van der Waals surface area contributed by atoms with Crippen LogP contribution in [0.2, 0.25) is 0 Å². The minimum Gasteiger partial charge on any atom is -0.478 e. The molecule has 1 aromatic carbocycles. The minimum absolute atomic E-state index is 0.106. The van der Waals surface area contributed by atoms with E-state index in [4.69, 9.17) is 16.6 Å². The van der Waals surface area contributed by atoms with Gasteiger partial charge in [-0.15, -0.1) is 0 Å². The summed E-state index contributed by atoms with van der Waals surface area (Å²) in [5.74, 6) is -1.39. The van der Waals surface area contributed by atoms with Gasteiger partial charge in [0.2, 0.25) is 0 Å². The summed E-state index contributed by atoms with van der Waals surface area (Å²) in [6.45, 7) is 0. The Morgan fingerprint density at radius 1 is 1.38 bits per heavy atom. The van der Waals surface area contributed by atoms with Crippen LogP contribution in [0.15, 0.2) is 18.2 Å². The van der Waals surface area contributed by atoms with Gasteiger partial charge in [0.05, 0.1) is 5.56 Å². The Hall–Kier alpha value is -1.76. The van der Waals surface area contributed by atoms with Crippen LogP contribution in [-0.2, 0) is 0 Å². The molecule has 0 aliphatic heterocycles. The van der Waals surface area contributed by atoms with Crippen molar-refractivity contribution in [1.82, 2.24) is 0 Å². The molecule has 1 rings (SSSR count). The molecule has 0 amide bonds. The van der Waals surface area contributed by atoms with Crippen LogP contribution in [0.5, 0.6) is 0 Å². The van der Waals surface area contributed by atoms with Gasteiger partial charge in [0.25, 0.3) is 0 Å². The second kappa shape index (κ2) is 4.01. The second-order valence-electron chi connectivity index (χ2n) is 3.17. The number of carbonyl (C=O) groups is 1. The molecule has 0 bridgehead atoms. The fraction of sp³-hybridized carbons (Fsp3) is 0.222. The average Bonchev–Trinajstić information content (AvgIpc) is 2.15. The van der Waals surface area contributed by atoms with Gasteiger partial charge in [-0.25, -0.2) is 4.79 Å². The topological polar surface area (TPSA) is 89.3 Å². The van der Waals surface area contributed by atoms with Crippen LogP contribution in [0.25, 0.3) is 0 Å². The van der Waals surface area contributed by atoms with E-state index in [1.165, 1.54) is 0 Å². The molecule has 88 valence electrons. The maximum absolute atomic E-state index is 12.3. The summed E-state index contributed by atoms with van der Waals surface area (Å²) in [5.41, 5.74) is 9.40. The van der Waals surface area contributed by atoms with Gasteiger partial charge >= 0.3 is 12.1 Å². The number of nitrogens with two attached hydrogens (primary N) is 2. The van der Waals surface area contributed by atoms with Crippen LogP contribution in [0.4, 0.5) is 18.9 Å². The van der Waals surface area contributed by atoms with Gasteiger partial charge in [-0.1, -0.05) is 6.07 Å². The SMILES string of the molecule is Nc1ccc([C@@H](N)C(F)(F)F)cc1C(=O)O. The van der Waals surface area contributed by atoms with Crippen molar-refractivity contribution in [3.63, 3.8) is 0 Å². The highest BCUT2D eigenvalue weighted by Crippen LogP contribution is 2.31. The summed E-state index contributed by atoms with van der Waals surface area (Å²) >= 11 is 0. The molecule has 4 nitrogen and oxygen atoms in total. The molecule has 16 heavy (non-hydrogen) atoms. The van der Waals surface area contributed by atoms with Crippen LogP contribution < -0.4 is 11.5 Å². The van der Waals surface area contributed by atoms with E-state index in [1.807, 2.05) is 0 Å². The summed E-state index contributed by atoms with van der Waals surface area (Å²) in [6.07, 6.45) is -4.62. The predicted octanol–water partition coefficient (Wildman–Crippen LogP) is 1.53. The molecular weight excluding hydrogens is 225 g/mol. The first-order valence-corrected chi connectivity index (χ1v) is 4.18. The van der Waals surface area contributed by atoms with Crippen molar-refractivity contribution in [2.45, 2.75) is 12.2 Å². The monoisotopic (exact) mass is 234 g/mol. The number of halogens is 3. The van der Waals surface area contributed by atoms with Crippen LogP contribution in [-0.4, -0.2) is 17.3 Å². The van der Waals surface area contributed by atoms with Crippen molar-refractivity contribution in [1.29, 1.82) is 0 Å². The number of benzene rings is 1. The number of rotatable bonds is 2. The molecule has 0 saturated heterocycles. The second-order valence-corrected chi connectivity index (χ2v) is 3.17. The highest BCUT2D eigenvalue weighted by atomic mass is 19.4. The molecule has 7 heteroatoms. The van der Waals surface area contributed by atoms with Gasteiger partial charge in [-0.05, 0) is 17.7 Å². The van der Waals surface area contributed by atoms with Gasteiger partial charge in [-0.2, -0.15) is 13.2 Å². The highest BCUT2D eigenvalue weighted by molar-refractivity contribution is 5.93. The maximum Gasteiger partial charge on any atom is 0.407 e. The van der Waals surface area contributed by atoms with Crippen molar-refractivity contribution in [2.24, 2.45) is 5.73 Å². The molecule has 0 saturated carbocycles. The molecule has 5 N–H and O–H groups in total. The lowest BCUT2D eigenvalue weighted by Crippen LogP contribution is -2.28. The van der Waals surface area contributed by atoms with Gasteiger partial charge in [0, 0.05) is 5.69 Å². The Kier molecular flexibility index (Phi) is 3.09. The Balaban J connectivity index is 3.18. The molecule has 0 spiro atoms. The zero-order valence-electron chi connectivity index (χ0n) is 7.95. The number of carboxylic acids is 1. The first-order chi connectivity index (χ1) is 7.23. The molecular formula is C9H9F3N2O2. The standard InChI is InChI=1S/C9H9F3N2O2/c10-9(11,12)7(14)4-1-2-6(13)5(3-4)8(15)16/h1-3,7H,13-14H2,(H,15,16)/t7-/m1/s1. The van der Waals surface area contributed by atoms with E-state index in [1.54, 1.807) is 0 Å². The van der Waals surface area contributed by atoms with E-state index in [0.29, 0.717) is 0 Å². The van der Waals surface area contributed by atoms with E-state index in [2.05, 4.69) is 0 Å². The number of nitrogen functional groups attached to an aromatic ring is 1. The minimum atomic E-state index is -4.62. The highest BCUT2D eigenvalue weighted by Gasteiger charge is 2.38. The smallest absolute Gasteiger partial charge is 0.407 e. The molecule has 0 fully saturated rings. The van der Waals surface area contributed by atoms with E-state index < -0.39 is 23.8 Å². The molecule has 0 heterocycles. The number of aromatic carboxylic acids is 1. The van der Waals surface area contributed by atoms with Gasteiger partial charge in [-0.3, -0.25) is 0 Å². The molecule has 0 aromatic heterocycles. The number of hydrogen-bond donors (Lipinski definition) is 3. The lowest BCUT2D eigenvalue weighted by Gasteiger charge is -2.16. The summed E-state index contributed by atoms with van der Waals surface area (Å²) in [6, 6.07) is 0.756. The van der Waals surface area contributed by atoms with Crippen LogP contribution in [0.1, 0.15) is 22.0 Å². The first-order valence-electron chi connectivity index (χ1n) is 4.18. The van der Waals surface area contributed by atoms with Gasteiger partial charge < -0.3 is 16.6 Å². The number of anilines is 1. The largest absolute Gasteiger partial charge is 0.478 e. The van der Waals surface area contributed by atoms with Crippen LogP contribution in [0.3, 0.4) is 0 Å². The lowest BCUT2D eigenvalue weighted by atomic mass is 10.0. The number of alkyl halides is 3. The predicted molar refractivity (Wildman–Crippen MR) is 50.8 cm³/mol. The Morgan fingerprint density at radius 2 is 1.94 bits per heavy atom. The van der Waals surface area contributed by atoms with Crippen molar-refractivity contribution in [3.8, 4) is 0 Å². The maximum atomic E-state index is 12.3. The Bertz CT molecular complexity index is 418. The third-order valence-electron chi connectivity index (χ3n) is 2.02. The van der Waals surface area contributed by atoms with Crippen LogP contribution >= 0.6 is 0 Å². The fourth-order valence-electron chi connectivity index (χ4n) is 1.14. The Labute approximate surface area is 88.7 Å². The van der Waals surface area contributed by atoms with Gasteiger partial charge in [0.15, 0.2) is 0 Å². The normalized spacial score (nSPS) is 13.5. The zero-order valence-corrected chi connectivity index (χ0v) is 7.95. The van der Waals surface area contributed by atoms with Gasteiger partial charge in [0.1, 0.15) is 6.04 Å². The third kappa shape index (κ3) is 2.43. The summed E-state index contributed by atoms with van der Waals surface area (Å²) in [5, 5.41) is 8.67. The number of hydrogen-bond acceptors (Lipinski definition) is 3. The number of carboxylic acid groups (broad SMARTS) is 1. The Morgan fingerprint density at radius 3 is 2.38 bits per heavy atom. The van der Waals surface area contributed by atoms with E-state index in [0.717, 1.165) is 18.2 Å². The van der Waals surface area contributed by atoms with Crippen molar-refractivity contribution >= 4 is 11.7 Å². The van der Waals surface area contributed by atoms with E-state index >= 15 is 0 Å². The first kappa shape index (κ1) is 12.3. The average molecular weight is 234 g/mol. The fourth-order valence-corrected chi connectivity index (χ4v) is 1.14. The van der Waals surface area contributed by atoms with Crippen LogP contribution in [0, 0.1) is 0 Å². The van der Waals surface area contributed by atoms with Crippen molar-refractivity contribution < 1.29 is 23.1 Å². The summed E-state index contributed by atoms with van der Waals surface area (Å²) in [7, 11) is 0. The summed E-state index contributed by atoms with van der Waals surface area (Å²) < 4.78 is 36.8. The molecule has 0 aliphatic rings. The molecule has 0 aliphatic carbocycles. The van der Waals surface area contributed by atoms with Crippen molar-refractivity contribution in [2.75, 3.05) is 5.73 Å². The zero-order chi connectivity index (χ0) is 12.5. The lowest BCUT2D eigenvalue weighted by molar-refractivity contribution is -0.149. The summed E-state index contributed by atoms with van der Waals surface area (Å²) in [4.78, 5) is 10.6. The molecule has 0 radical (unpaired) electrons. The van der Waals surface area contributed by atoms with Crippen molar-refractivity contribution in [3.05, 3.63) is 29.3 Å². The van der Waals surface area contributed by atoms with E-state index in [9.17, 15) is 18.0 Å². The van der Waals surface area contributed by atoms with E-state index in [-0.39, 0.29) is 11.3 Å². The molecule has 1 aromatic rings.